The Bertz CT molecular complexity index is 284. The SMILES string of the molecule is CCCC/C=C/c1cccc(CC)c1. The molecule has 0 aliphatic carbocycles. The third kappa shape index (κ3) is 3.78. The van der Waals surface area contributed by atoms with E-state index in [2.05, 4.69) is 50.3 Å². The van der Waals surface area contributed by atoms with E-state index in [9.17, 15) is 0 Å². The van der Waals surface area contributed by atoms with Crippen molar-refractivity contribution in [1.82, 2.24) is 0 Å². The predicted octanol–water partition coefficient (Wildman–Crippen LogP) is 4.45. The smallest absolute Gasteiger partial charge is 0.0257 e. The van der Waals surface area contributed by atoms with Crippen molar-refractivity contribution in [3.8, 4) is 0 Å². The molecule has 0 atom stereocenters. The second-order valence-corrected chi connectivity index (χ2v) is 3.64. The number of benzene rings is 1. The summed E-state index contributed by atoms with van der Waals surface area (Å²) in [5.41, 5.74) is 2.75. The quantitative estimate of drug-likeness (QED) is 0.599. The normalized spacial score (nSPS) is 11.0. The molecule has 1 aromatic rings. The third-order valence-corrected chi connectivity index (χ3v) is 2.39. The van der Waals surface area contributed by atoms with Crippen molar-refractivity contribution in [3.63, 3.8) is 0 Å². The Balaban J connectivity index is 2.53. The lowest BCUT2D eigenvalue weighted by Crippen LogP contribution is -1.80. The van der Waals surface area contributed by atoms with Crippen LogP contribution < -0.4 is 0 Å². The first-order valence-corrected chi connectivity index (χ1v) is 5.62. The molecule has 14 heavy (non-hydrogen) atoms. The maximum absolute atomic E-state index is 2.28. The van der Waals surface area contributed by atoms with Gasteiger partial charge in [0.05, 0.1) is 0 Å². The van der Waals surface area contributed by atoms with Crippen LogP contribution in [0.5, 0.6) is 0 Å². The second-order valence-electron chi connectivity index (χ2n) is 3.64. The summed E-state index contributed by atoms with van der Waals surface area (Å²) in [5.74, 6) is 0. The highest BCUT2D eigenvalue weighted by molar-refractivity contribution is 5.50. The Labute approximate surface area is 87.7 Å². The molecule has 0 N–H and O–H groups in total. The molecule has 1 rings (SSSR count). The molecule has 0 aliphatic heterocycles. The molecule has 0 heteroatoms. The molecular weight excluding hydrogens is 168 g/mol. The van der Waals surface area contributed by atoms with Gasteiger partial charge < -0.3 is 0 Å². The van der Waals surface area contributed by atoms with Crippen LogP contribution in [0.1, 0.15) is 44.2 Å². The topological polar surface area (TPSA) is 0 Å². The summed E-state index contributed by atoms with van der Waals surface area (Å²) in [5, 5.41) is 0. The Morgan fingerprint density at radius 1 is 1.21 bits per heavy atom. The summed E-state index contributed by atoms with van der Waals surface area (Å²) in [7, 11) is 0. The van der Waals surface area contributed by atoms with Crippen LogP contribution in [0.15, 0.2) is 30.3 Å². The average molecular weight is 188 g/mol. The van der Waals surface area contributed by atoms with E-state index in [-0.39, 0.29) is 0 Å². The molecule has 0 aliphatic rings. The number of allylic oxidation sites excluding steroid dienone is 1. The van der Waals surface area contributed by atoms with Crippen LogP contribution in [0.25, 0.3) is 6.08 Å². The van der Waals surface area contributed by atoms with Crippen LogP contribution in [-0.2, 0) is 6.42 Å². The summed E-state index contributed by atoms with van der Waals surface area (Å²) in [4.78, 5) is 0. The third-order valence-electron chi connectivity index (χ3n) is 2.39. The monoisotopic (exact) mass is 188 g/mol. The van der Waals surface area contributed by atoms with Gasteiger partial charge in [0.2, 0.25) is 0 Å². The van der Waals surface area contributed by atoms with Gasteiger partial charge in [0.25, 0.3) is 0 Å². The van der Waals surface area contributed by atoms with Crippen LogP contribution in [0.2, 0.25) is 0 Å². The summed E-state index contributed by atoms with van der Waals surface area (Å²) in [6.45, 7) is 4.42. The molecule has 0 bridgehead atoms. The zero-order valence-electron chi connectivity index (χ0n) is 9.29. The van der Waals surface area contributed by atoms with Crippen molar-refractivity contribution in [2.75, 3.05) is 0 Å². The van der Waals surface area contributed by atoms with Gasteiger partial charge in [-0.25, -0.2) is 0 Å². The lowest BCUT2D eigenvalue weighted by molar-refractivity contribution is 0.816. The lowest BCUT2D eigenvalue weighted by atomic mass is 10.1. The van der Waals surface area contributed by atoms with Crippen molar-refractivity contribution >= 4 is 6.08 Å². The highest BCUT2D eigenvalue weighted by Gasteiger charge is 1.89. The van der Waals surface area contributed by atoms with Gasteiger partial charge in [-0.05, 0) is 24.0 Å². The zero-order chi connectivity index (χ0) is 10.2. The largest absolute Gasteiger partial charge is 0.0839 e. The molecule has 0 saturated carbocycles. The van der Waals surface area contributed by atoms with Crippen LogP contribution in [0, 0.1) is 0 Å². The van der Waals surface area contributed by atoms with Gasteiger partial charge in [0.1, 0.15) is 0 Å². The maximum Gasteiger partial charge on any atom is -0.0257 e. The van der Waals surface area contributed by atoms with Crippen molar-refractivity contribution in [3.05, 3.63) is 41.5 Å². The Morgan fingerprint density at radius 2 is 2.07 bits per heavy atom. The first-order valence-electron chi connectivity index (χ1n) is 5.62. The second kappa shape index (κ2) is 6.42. The molecule has 0 saturated heterocycles. The fourth-order valence-electron chi connectivity index (χ4n) is 1.46. The highest BCUT2D eigenvalue weighted by atomic mass is 13.9. The summed E-state index contributed by atoms with van der Waals surface area (Å²) in [6.07, 6.45) is 9.40. The van der Waals surface area contributed by atoms with Crippen LogP contribution in [0.4, 0.5) is 0 Å². The van der Waals surface area contributed by atoms with Gasteiger partial charge >= 0.3 is 0 Å². The van der Waals surface area contributed by atoms with E-state index in [4.69, 9.17) is 0 Å². The minimum absolute atomic E-state index is 1.12. The molecule has 0 fully saturated rings. The fourth-order valence-corrected chi connectivity index (χ4v) is 1.46. The Morgan fingerprint density at radius 3 is 2.79 bits per heavy atom. The summed E-state index contributed by atoms with van der Waals surface area (Å²) < 4.78 is 0. The van der Waals surface area contributed by atoms with E-state index in [0.717, 1.165) is 6.42 Å². The average Bonchev–Trinajstić information content (AvgIpc) is 2.25. The number of unbranched alkanes of at least 4 members (excludes halogenated alkanes) is 2. The van der Waals surface area contributed by atoms with E-state index in [0.29, 0.717) is 0 Å². The van der Waals surface area contributed by atoms with E-state index in [1.165, 1.54) is 30.4 Å². The van der Waals surface area contributed by atoms with Gasteiger partial charge in [-0.15, -0.1) is 0 Å². The highest BCUT2D eigenvalue weighted by Crippen LogP contribution is 2.08. The van der Waals surface area contributed by atoms with Gasteiger partial charge in [-0.1, -0.05) is 63.1 Å². The molecule has 1 aromatic carbocycles. The first-order chi connectivity index (χ1) is 6.86. The summed E-state index contributed by atoms with van der Waals surface area (Å²) in [6, 6.07) is 8.76. The van der Waals surface area contributed by atoms with E-state index in [1.54, 1.807) is 0 Å². The zero-order valence-corrected chi connectivity index (χ0v) is 9.29. The number of aryl methyl sites for hydroxylation is 1. The Kier molecular flexibility index (Phi) is 5.06. The molecule has 0 nitrogen and oxygen atoms in total. The van der Waals surface area contributed by atoms with Crippen molar-refractivity contribution in [2.24, 2.45) is 0 Å². The molecule has 0 amide bonds. The number of rotatable bonds is 5. The maximum atomic E-state index is 2.28. The van der Waals surface area contributed by atoms with Crippen LogP contribution >= 0.6 is 0 Å². The molecule has 0 heterocycles. The van der Waals surface area contributed by atoms with Gasteiger partial charge in [-0.2, -0.15) is 0 Å². The minimum Gasteiger partial charge on any atom is -0.0839 e. The van der Waals surface area contributed by atoms with Gasteiger partial charge in [0.15, 0.2) is 0 Å². The summed E-state index contributed by atoms with van der Waals surface area (Å²) >= 11 is 0. The van der Waals surface area contributed by atoms with Crippen LogP contribution in [0.3, 0.4) is 0 Å². The fraction of sp³-hybridized carbons (Fsp3) is 0.429. The van der Waals surface area contributed by atoms with Crippen molar-refractivity contribution in [1.29, 1.82) is 0 Å². The predicted molar refractivity (Wildman–Crippen MR) is 64.4 cm³/mol. The lowest BCUT2D eigenvalue weighted by Gasteiger charge is -1.98. The van der Waals surface area contributed by atoms with Crippen LogP contribution in [-0.4, -0.2) is 0 Å². The first kappa shape index (κ1) is 11.0. The van der Waals surface area contributed by atoms with Crippen molar-refractivity contribution in [2.45, 2.75) is 39.5 Å². The van der Waals surface area contributed by atoms with E-state index >= 15 is 0 Å². The molecule has 0 unspecified atom stereocenters. The number of hydrogen-bond acceptors (Lipinski definition) is 0. The van der Waals surface area contributed by atoms with Crippen molar-refractivity contribution < 1.29 is 0 Å². The molecule has 0 aromatic heterocycles. The Hall–Kier alpha value is -1.04. The standard InChI is InChI=1S/C14H20/c1-3-5-6-7-9-14-11-8-10-13(4-2)12-14/h7-12H,3-6H2,1-2H3/b9-7+. The van der Waals surface area contributed by atoms with E-state index in [1.807, 2.05) is 0 Å². The number of hydrogen-bond donors (Lipinski definition) is 0. The van der Waals surface area contributed by atoms with Gasteiger partial charge in [-0.3, -0.25) is 0 Å². The molecular formula is C14H20. The molecule has 76 valence electrons. The van der Waals surface area contributed by atoms with E-state index < -0.39 is 0 Å². The molecule has 0 radical (unpaired) electrons. The van der Waals surface area contributed by atoms with Gasteiger partial charge in [0, 0.05) is 0 Å². The minimum atomic E-state index is 1.12. The molecule has 0 spiro atoms.